The minimum atomic E-state index is -0.465. The van der Waals surface area contributed by atoms with Crippen molar-refractivity contribution in [3.8, 4) is 0 Å². The Hall–Kier alpha value is -1.45. The highest BCUT2D eigenvalue weighted by Gasteiger charge is 2.31. The highest BCUT2D eigenvalue weighted by Crippen LogP contribution is 2.30. The number of pyridine rings is 1. The van der Waals surface area contributed by atoms with Gasteiger partial charge in [-0.05, 0) is 43.7 Å². The van der Waals surface area contributed by atoms with E-state index in [1.807, 2.05) is 12.3 Å². The zero-order valence-corrected chi connectivity index (χ0v) is 12.0. The summed E-state index contributed by atoms with van der Waals surface area (Å²) in [5.41, 5.74) is 1.84. The molecule has 1 aromatic heterocycles. The molecule has 106 valence electrons. The normalized spacial score (nSPS) is 17.9. The first-order valence-corrected chi connectivity index (χ1v) is 7.39. The predicted octanol–water partition coefficient (Wildman–Crippen LogP) is 2.97. The molecule has 0 saturated heterocycles. The van der Waals surface area contributed by atoms with Crippen LogP contribution in [0.25, 0.3) is 10.9 Å². The van der Waals surface area contributed by atoms with Gasteiger partial charge in [0.1, 0.15) is 0 Å². The number of rotatable bonds is 4. The highest BCUT2D eigenvalue weighted by atomic mass is 16.3. The molecule has 1 heterocycles. The summed E-state index contributed by atoms with van der Waals surface area (Å²) in [7, 11) is 2.09. The third-order valence-corrected chi connectivity index (χ3v) is 4.22. The van der Waals surface area contributed by atoms with Crippen molar-refractivity contribution in [2.75, 3.05) is 13.6 Å². The maximum atomic E-state index is 10.5. The Morgan fingerprint density at radius 2 is 2.05 bits per heavy atom. The average Bonchev–Trinajstić information content (AvgIpc) is 2.84. The second-order valence-corrected chi connectivity index (χ2v) is 6.13. The third-order valence-electron chi connectivity index (χ3n) is 4.22. The van der Waals surface area contributed by atoms with Crippen LogP contribution >= 0.6 is 0 Å². The van der Waals surface area contributed by atoms with Crippen molar-refractivity contribution in [2.45, 2.75) is 37.8 Å². The summed E-state index contributed by atoms with van der Waals surface area (Å²) >= 11 is 0. The highest BCUT2D eigenvalue weighted by molar-refractivity contribution is 5.78. The second-order valence-electron chi connectivity index (χ2n) is 6.13. The van der Waals surface area contributed by atoms with Crippen LogP contribution in [0.15, 0.2) is 36.5 Å². The first-order valence-electron chi connectivity index (χ1n) is 7.39. The van der Waals surface area contributed by atoms with E-state index in [-0.39, 0.29) is 0 Å². The fraction of sp³-hybridized carbons (Fsp3) is 0.471. The zero-order chi connectivity index (χ0) is 14.0. The molecule has 1 N–H and O–H groups in total. The molecular formula is C17H22N2O. The van der Waals surface area contributed by atoms with Crippen molar-refractivity contribution in [1.29, 1.82) is 0 Å². The number of aliphatic hydroxyl groups is 1. The molecule has 3 nitrogen and oxygen atoms in total. The molecule has 2 aromatic rings. The van der Waals surface area contributed by atoms with E-state index in [1.54, 1.807) is 0 Å². The summed E-state index contributed by atoms with van der Waals surface area (Å²) in [6, 6.07) is 10.5. The quantitative estimate of drug-likeness (QED) is 0.928. The van der Waals surface area contributed by atoms with Gasteiger partial charge < -0.3 is 5.11 Å². The van der Waals surface area contributed by atoms with Gasteiger partial charge in [-0.3, -0.25) is 9.88 Å². The number of fused-ring (bicyclic) bond motifs is 1. The molecule has 0 unspecified atom stereocenters. The molecule has 0 spiro atoms. The molecule has 1 aliphatic carbocycles. The molecule has 0 radical (unpaired) electrons. The summed E-state index contributed by atoms with van der Waals surface area (Å²) in [4.78, 5) is 6.57. The Kier molecular flexibility index (Phi) is 3.72. The van der Waals surface area contributed by atoms with Crippen LogP contribution in [0.2, 0.25) is 0 Å². The lowest BCUT2D eigenvalue weighted by atomic mass is 10.0. The standard InChI is InChI=1S/C17H22N2O/c1-19(13-17(20)8-2-3-9-17)12-14-6-7-16-15(11-14)5-4-10-18-16/h4-7,10-11,20H,2-3,8-9,12-13H2,1H3. The molecular weight excluding hydrogens is 248 g/mol. The van der Waals surface area contributed by atoms with Crippen molar-refractivity contribution in [1.82, 2.24) is 9.88 Å². The lowest BCUT2D eigenvalue weighted by Crippen LogP contribution is -2.38. The largest absolute Gasteiger partial charge is 0.389 e. The van der Waals surface area contributed by atoms with E-state index < -0.39 is 5.60 Å². The fourth-order valence-corrected chi connectivity index (χ4v) is 3.28. The van der Waals surface area contributed by atoms with E-state index in [9.17, 15) is 5.11 Å². The van der Waals surface area contributed by atoms with Crippen LogP contribution < -0.4 is 0 Å². The van der Waals surface area contributed by atoms with Crippen molar-refractivity contribution >= 4 is 10.9 Å². The summed E-state index contributed by atoms with van der Waals surface area (Å²) < 4.78 is 0. The fourth-order valence-electron chi connectivity index (χ4n) is 3.28. The topological polar surface area (TPSA) is 36.4 Å². The van der Waals surface area contributed by atoms with E-state index in [1.165, 1.54) is 10.9 Å². The summed E-state index contributed by atoms with van der Waals surface area (Å²) in [5.74, 6) is 0. The molecule has 3 heteroatoms. The molecule has 0 amide bonds. The van der Waals surface area contributed by atoms with Crippen molar-refractivity contribution in [2.24, 2.45) is 0 Å². The van der Waals surface area contributed by atoms with Gasteiger partial charge in [0.05, 0.1) is 11.1 Å². The van der Waals surface area contributed by atoms with Crippen molar-refractivity contribution in [3.05, 3.63) is 42.1 Å². The molecule has 20 heavy (non-hydrogen) atoms. The Morgan fingerprint density at radius 3 is 2.85 bits per heavy atom. The molecule has 1 aromatic carbocycles. The predicted molar refractivity (Wildman–Crippen MR) is 81.5 cm³/mol. The third kappa shape index (κ3) is 3.00. The van der Waals surface area contributed by atoms with Gasteiger partial charge in [-0.25, -0.2) is 0 Å². The molecule has 1 aliphatic rings. The van der Waals surface area contributed by atoms with E-state index in [4.69, 9.17) is 0 Å². The number of hydrogen-bond acceptors (Lipinski definition) is 3. The van der Waals surface area contributed by atoms with Gasteiger partial charge in [-0.1, -0.05) is 25.0 Å². The van der Waals surface area contributed by atoms with Crippen LogP contribution in [-0.2, 0) is 6.54 Å². The lowest BCUT2D eigenvalue weighted by molar-refractivity contribution is 0.0145. The van der Waals surface area contributed by atoms with Crippen LogP contribution in [0.4, 0.5) is 0 Å². The Labute approximate surface area is 120 Å². The van der Waals surface area contributed by atoms with Crippen LogP contribution in [-0.4, -0.2) is 34.2 Å². The van der Waals surface area contributed by atoms with Gasteiger partial charge in [0.25, 0.3) is 0 Å². The summed E-state index contributed by atoms with van der Waals surface area (Å²) in [6.45, 7) is 1.63. The van der Waals surface area contributed by atoms with E-state index >= 15 is 0 Å². The van der Waals surface area contributed by atoms with Gasteiger partial charge in [-0.15, -0.1) is 0 Å². The first-order chi connectivity index (χ1) is 9.65. The van der Waals surface area contributed by atoms with E-state index in [2.05, 4.69) is 41.2 Å². The molecule has 3 rings (SSSR count). The first kappa shape index (κ1) is 13.5. The number of nitrogens with zero attached hydrogens (tertiary/aromatic N) is 2. The summed E-state index contributed by atoms with van der Waals surface area (Å²) in [5, 5.41) is 11.6. The zero-order valence-electron chi connectivity index (χ0n) is 12.0. The van der Waals surface area contributed by atoms with Crippen LogP contribution in [0.3, 0.4) is 0 Å². The molecule has 1 fully saturated rings. The monoisotopic (exact) mass is 270 g/mol. The Balaban J connectivity index is 1.69. The Bertz CT molecular complexity index is 590. The number of benzene rings is 1. The lowest BCUT2D eigenvalue weighted by Gasteiger charge is -2.28. The number of hydrogen-bond donors (Lipinski definition) is 1. The number of likely N-dealkylation sites (N-methyl/N-ethyl adjacent to an activating group) is 1. The van der Waals surface area contributed by atoms with Crippen molar-refractivity contribution < 1.29 is 5.11 Å². The van der Waals surface area contributed by atoms with Gasteiger partial charge in [0, 0.05) is 24.7 Å². The molecule has 0 atom stereocenters. The second kappa shape index (κ2) is 5.51. The van der Waals surface area contributed by atoms with Crippen LogP contribution in [0, 0.1) is 0 Å². The molecule has 0 aliphatic heterocycles. The van der Waals surface area contributed by atoms with Gasteiger partial charge in [0.2, 0.25) is 0 Å². The minimum Gasteiger partial charge on any atom is -0.389 e. The van der Waals surface area contributed by atoms with Crippen LogP contribution in [0.5, 0.6) is 0 Å². The maximum absolute atomic E-state index is 10.5. The average molecular weight is 270 g/mol. The van der Waals surface area contributed by atoms with E-state index in [0.717, 1.165) is 44.3 Å². The smallest absolute Gasteiger partial charge is 0.0774 e. The summed E-state index contributed by atoms with van der Waals surface area (Å²) in [6.07, 6.45) is 6.03. The van der Waals surface area contributed by atoms with Gasteiger partial charge >= 0.3 is 0 Å². The maximum Gasteiger partial charge on any atom is 0.0774 e. The molecule has 1 saturated carbocycles. The van der Waals surface area contributed by atoms with Gasteiger partial charge in [-0.2, -0.15) is 0 Å². The van der Waals surface area contributed by atoms with Crippen molar-refractivity contribution in [3.63, 3.8) is 0 Å². The van der Waals surface area contributed by atoms with Crippen LogP contribution in [0.1, 0.15) is 31.2 Å². The van der Waals surface area contributed by atoms with Gasteiger partial charge in [0.15, 0.2) is 0 Å². The molecule has 0 bridgehead atoms. The Morgan fingerprint density at radius 1 is 1.25 bits per heavy atom. The van der Waals surface area contributed by atoms with E-state index in [0.29, 0.717) is 0 Å². The minimum absolute atomic E-state index is 0.465. The SMILES string of the molecule is CN(Cc1ccc2ncccc2c1)CC1(O)CCCC1. The number of aromatic nitrogens is 1.